The summed E-state index contributed by atoms with van der Waals surface area (Å²) in [5.41, 5.74) is 1.10. The quantitative estimate of drug-likeness (QED) is 0.489. The van der Waals surface area contributed by atoms with Gasteiger partial charge in [0, 0.05) is 13.1 Å². The van der Waals surface area contributed by atoms with Crippen LogP contribution >= 0.6 is 0 Å². The molecule has 1 atom stereocenters. The number of methoxy groups -OCH3 is 1. The highest BCUT2D eigenvalue weighted by atomic mass is 32.2. The molecule has 0 aliphatic heterocycles. The molecule has 2 aromatic rings. The number of rotatable bonds is 12. The summed E-state index contributed by atoms with van der Waals surface area (Å²) in [6, 6.07) is 12.8. The Hall–Kier alpha value is -3.27. The SMILES string of the molecule is CCNC(=O)C(C)N(Cc1ccc(OC)cc1)C(=O)CN(c1ccc(OCC)cc1)S(C)(=O)=O. The normalized spacial score (nSPS) is 11.9. The zero-order valence-electron chi connectivity index (χ0n) is 20.3. The van der Waals surface area contributed by atoms with Crippen LogP contribution in [0.5, 0.6) is 11.5 Å². The van der Waals surface area contributed by atoms with Gasteiger partial charge < -0.3 is 19.7 Å². The Morgan fingerprint density at radius 2 is 1.59 bits per heavy atom. The average Bonchev–Trinajstić information content (AvgIpc) is 2.81. The van der Waals surface area contributed by atoms with E-state index in [-0.39, 0.29) is 12.5 Å². The number of carbonyl (C=O) groups excluding carboxylic acids is 2. The molecular formula is C24H33N3O6S. The third kappa shape index (κ3) is 7.38. The number of hydrogen-bond acceptors (Lipinski definition) is 6. The lowest BCUT2D eigenvalue weighted by atomic mass is 10.1. The minimum absolute atomic E-state index is 0.127. The minimum atomic E-state index is -3.78. The smallest absolute Gasteiger partial charge is 0.244 e. The molecule has 10 heteroatoms. The molecule has 0 spiro atoms. The van der Waals surface area contributed by atoms with Crippen LogP contribution in [0.25, 0.3) is 0 Å². The Morgan fingerprint density at radius 3 is 2.09 bits per heavy atom. The fourth-order valence-corrected chi connectivity index (χ4v) is 4.17. The monoisotopic (exact) mass is 491 g/mol. The van der Waals surface area contributed by atoms with E-state index in [9.17, 15) is 18.0 Å². The van der Waals surface area contributed by atoms with Gasteiger partial charge in [-0.05, 0) is 62.7 Å². The van der Waals surface area contributed by atoms with E-state index < -0.39 is 28.5 Å². The number of amides is 2. The van der Waals surface area contributed by atoms with Crippen LogP contribution < -0.4 is 19.1 Å². The maximum Gasteiger partial charge on any atom is 0.244 e. The molecule has 0 bridgehead atoms. The Bertz CT molecular complexity index is 1060. The molecule has 2 amide bonds. The van der Waals surface area contributed by atoms with Gasteiger partial charge in [0.1, 0.15) is 24.1 Å². The summed E-state index contributed by atoms with van der Waals surface area (Å²) in [6.07, 6.45) is 1.04. The predicted octanol–water partition coefficient (Wildman–Crippen LogP) is 2.41. The summed E-state index contributed by atoms with van der Waals surface area (Å²) in [4.78, 5) is 27.3. The molecule has 2 aromatic carbocycles. The summed E-state index contributed by atoms with van der Waals surface area (Å²) in [7, 11) is -2.22. The van der Waals surface area contributed by atoms with Crippen molar-refractivity contribution in [3.63, 3.8) is 0 Å². The van der Waals surface area contributed by atoms with Crippen molar-refractivity contribution in [2.75, 3.05) is 37.4 Å². The highest BCUT2D eigenvalue weighted by molar-refractivity contribution is 7.92. The van der Waals surface area contributed by atoms with Crippen LogP contribution in [0.4, 0.5) is 5.69 Å². The summed E-state index contributed by atoms with van der Waals surface area (Å²) < 4.78 is 36.7. The third-order valence-electron chi connectivity index (χ3n) is 5.15. The number of benzene rings is 2. The molecule has 0 aromatic heterocycles. The summed E-state index contributed by atoms with van der Waals surface area (Å²) >= 11 is 0. The van der Waals surface area contributed by atoms with Gasteiger partial charge in [-0.15, -0.1) is 0 Å². The van der Waals surface area contributed by atoms with Crippen molar-refractivity contribution in [2.24, 2.45) is 0 Å². The summed E-state index contributed by atoms with van der Waals surface area (Å²) in [5.74, 6) is 0.430. The number of anilines is 1. The molecule has 0 radical (unpaired) electrons. The largest absolute Gasteiger partial charge is 0.497 e. The number of carbonyl (C=O) groups is 2. The Morgan fingerprint density at radius 1 is 1.00 bits per heavy atom. The van der Waals surface area contributed by atoms with E-state index in [2.05, 4.69) is 5.32 Å². The van der Waals surface area contributed by atoms with Gasteiger partial charge in [-0.3, -0.25) is 13.9 Å². The third-order valence-corrected chi connectivity index (χ3v) is 6.29. The van der Waals surface area contributed by atoms with E-state index in [1.165, 1.54) is 4.90 Å². The van der Waals surface area contributed by atoms with Crippen LogP contribution in [0.3, 0.4) is 0 Å². The van der Waals surface area contributed by atoms with Gasteiger partial charge in [0.2, 0.25) is 21.8 Å². The lowest BCUT2D eigenvalue weighted by molar-refractivity contribution is -0.139. The molecule has 2 rings (SSSR count). The zero-order valence-corrected chi connectivity index (χ0v) is 21.1. The van der Waals surface area contributed by atoms with Crippen LogP contribution in [-0.4, -0.2) is 64.2 Å². The lowest BCUT2D eigenvalue weighted by Gasteiger charge is -2.31. The molecule has 0 aliphatic rings. The van der Waals surface area contributed by atoms with Crippen molar-refractivity contribution >= 4 is 27.5 Å². The predicted molar refractivity (Wildman–Crippen MR) is 131 cm³/mol. The van der Waals surface area contributed by atoms with Crippen LogP contribution in [0.1, 0.15) is 26.3 Å². The first kappa shape index (κ1) is 27.0. The first-order valence-corrected chi connectivity index (χ1v) is 12.9. The molecule has 1 unspecified atom stereocenters. The average molecular weight is 492 g/mol. The van der Waals surface area contributed by atoms with Gasteiger partial charge in [-0.1, -0.05) is 12.1 Å². The molecule has 0 fully saturated rings. The summed E-state index contributed by atoms with van der Waals surface area (Å²) in [5, 5.41) is 2.72. The maximum atomic E-state index is 13.4. The van der Waals surface area contributed by atoms with Crippen LogP contribution in [0.2, 0.25) is 0 Å². The number of likely N-dealkylation sites (N-methyl/N-ethyl adjacent to an activating group) is 1. The van der Waals surface area contributed by atoms with Crippen molar-refractivity contribution in [3.8, 4) is 11.5 Å². The van der Waals surface area contributed by atoms with Gasteiger partial charge in [-0.25, -0.2) is 8.42 Å². The maximum absolute atomic E-state index is 13.4. The number of sulfonamides is 1. The van der Waals surface area contributed by atoms with E-state index >= 15 is 0 Å². The Balaban J connectivity index is 2.34. The Labute approximate surface area is 201 Å². The van der Waals surface area contributed by atoms with E-state index in [1.54, 1.807) is 69.5 Å². The van der Waals surface area contributed by atoms with Gasteiger partial charge in [-0.2, -0.15) is 0 Å². The molecule has 186 valence electrons. The van der Waals surface area contributed by atoms with Crippen molar-refractivity contribution in [1.82, 2.24) is 10.2 Å². The number of nitrogens with zero attached hydrogens (tertiary/aromatic N) is 2. The molecule has 1 N–H and O–H groups in total. The van der Waals surface area contributed by atoms with Gasteiger partial charge in [0.05, 0.1) is 25.7 Å². The second-order valence-corrected chi connectivity index (χ2v) is 9.54. The van der Waals surface area contributed by atoms with Crippen molar-refractivity contribution in [1.29, 1.82) is 0 Å². The molecule has 0 saturated heterocycles. The molecule has 9 nitrogen and oxygen atoms in total. The zero-order chi connectivity index (χ0) is 25.3. The molecule has 0 heterocycles. The fraction of sp³-hybridized carbons (Fsp3) is 0.417. The first-order chi connectivity index (χ1) is 16.1. The number of hydrogen-bond donors (Lipinski definition) is 1. The van der Waals surface area contributed by atoms with E-state index in [4.69, 9.17) is 9.47 Å². The van der Waals surface area contributed by atoms with Gasteiger partial charge in [0.15, 0.2) is 0 Å². The van der Waals surface area contributed by atoms with Crippen LogP contribution in [0.15, 0.2) is 48.5 Å². The van der Waals surface area contributed by atoms with Crippen LogP contribution in [-0.2, 0) is 26.2 Å². The molecule has 34 heavy (non-hydrogen) atoms. The number of nitrogens with one attached hydrogen (secondary N) is 1. The highest BCUT2D eigenvalue weighted by Gasteiger charge is 2.29. The van der Waals surface area contributed by atoms with E-state index in [0.717, 1.165) is 16.1 Å². The fourth-order valence-electron chi connectivity index (χ4n) is 3.32. The molecule has 0 aliphatic carbocycles. The second-order valence-electron chi connectivity index (χ2n) is 7.64. The minimum Gasteiger partial charge on any atom is -0.497 e. The van der Waals surface area contributed by atoms with E-state index in [1.807, 2.05) is 6.92 Å². The second kappa shape index (κ2) is 12.3. The lowest BCUT2D eigenvalue weighted by Crippen LogP contribution is -2.51. The Kier molecular flexibility index (Phi) is 9.73. The van der Waals surface area contributed by atoms with Crippen molar-refractivity contribution in [2.45, 2.75) is 33.4 Å². The topological polar surface area (TPSA) is 105 Å². The van der Waals surface area contributed by atoms with Crippen molar-refractivity contribution < 1.29 is 27.5 Å². The molecular weight excluding hydrogens is 458 g/mol. The van der Waals surface area contributed by atoms with E-state index in [0.29, 0.717) is 30.3 Å². The molecule has 0 saturated carbocycles. The summed E-state index contributed by atoms with van der Waals surface area (Å²) in [6.45, 7) is 5.82. The van der Waals surface area contributed by atoms with Gasteiger partial charge >= 0.3 is 0 Å². The van der Waals surface area contributed by atoms with Crippen LogP contribution in [0, 0.1) is 0 Å². The highest BCUT2D eigenvalue weighted by Crippen LogP contribution is 2.23. The first-order valence-electron chi connectivity index (χ1n) is 11.0. The standard InChI is InChI=1S/C24H33N3O6S/c1-6-25-24(29)18(3)26(16-19-8-12-21(32-4)13-9-19)23(28)17-27(34(5,30)31)20-10-14-22(15-11-20)33-7-2/h8-15,18H,6-7,16-17H2,1-5H3,(H,25,29). The number of ether oxygens (including phenoxy) is 2. The van der Waals surface area contributed by atoms with Gasteiger partial charge in [0.25, 0.3) is 0 Å². The van der Waals surface area contributed by atoms with Crippen molar-refractivity contribution in [3.05, 3.63) is 54.1 Å².